The maximum Gasteiger partial charge on any atom is 0.223 e. The van der Waals surface area contributed by atoms with E-state index in [1.54, 1.807) is 0 Å². The topological polar surface area (TPSA) is 56.9 Å². The van der Waals surface area contributed by atoms with Crippen molar-refractivity contribution in [3.05, 3.63) is 36.0 Å². The SMILES string of the molecule is Cl.O=C(NCCc1c[nH]c2ccccc12)C1CCNCC1. The lowest BCUT2D eigenvalue weighted by Gasteiger charge is -2.21. The number of H-pyrrole nitrogens is 1. The van der Waals surface area contributed by atoms with Crippen LogP contribution in [-0.4, -0.2) is 30.5 Å². The molecule has 2 heterocycles. The zero-order valence-corrected chi connectivity index (χ0v) is 12.8. The summed E-state index contributed by atoms with van der Waals surface area (Å²) in [5.74, 6) is 0.408. The van der Waals surface area contributed by atoms with Gasteiger partial charge in [-0.1, -0.05) is 18.2 Å². The van der Waals surface area contributed by atoms with Crippen molar-refractivity contribution < 1.29 is 4.79 Å². The van der Waals surface area contributed by atoms with Crippen LogP contribution >= 0.6 is 12.4 Å². The Labute approximate surface area is 131 Å². The second-order valence-electron chi connectivity index (χ2n) is 5.42. The summed E-state index contributed by atoms with van der Waals surface area (Å²) < 4.78 is 0. The molecule has 3 rings (SSSR count). The van der Waals surface area contributed by atoms with Gasteiger partial charge in [-0.3, -0.25) is 4.79 Å². The van der Waals surface area contributed by atoms with Gasteiger partial charge in [0.2, 0.25) is 5.91 Å². The van der Waals surface area contributed by atoms with Crippen molar-refractivity contribution in [1.82, 2.24) is 15.6 Å². The molecule has 0 bridgehead atoms. The van der Waals surface area contributed by atoms with Gasteiger partial charge in [0.05, 0.1) is 0 Å². The maximum absolute atomic E-state index is 12.0. The second-order valence-corrected chi connectivity index (χ2v) is 5.42. The number of carbonyl (C=O) groups excluding carboxylic acids is 1. The highest BCUT2D eigenvalue weighted by molar-refractivity contribution is 5.85. The summed E-state index contributed by atoms with van der Waals surface area (Å²) in [7, 11) is 0. The molecule has 0 radical (unpaired) electrons. The highest BCUT2D eigenvalue weighted by atomic mass is 35.5. The third-order valence-corrected chi connectivity index (χ3v) is 4.08. The molecule has 3 N–H and O–H groups in total. The molecule has 0 atom stereocenters. The van der Waals surface area contributed by atoms with Gasteiger partial charge in [-0.15, -0.1) is 12.4 Å². The number of para-hydroxylation sites is 1. The lowest BCUT2D eigenvalue weighted by molar-refractivity contribution is -0.125. The summed E-state index contributed by atoms with van der Waals surface area (Å²) in [6.07, 6.45) is 4.83. The van der Waals surface area contributed by atoms with Crippen LogP contribution in [0.1, 0.15) is 18.4 Å². The van der Waals surface area contributed by atoms with Crippen LogP contribution < -0.4 is 10.6 Å². The Morgan fingerprint density at radius 2 is 2.00 bits per heavy atom. The largest absolute Gasteiger partial charge is 0.361 e. The average Bonchev–Trinajstić information content (AvgIpc) is 2.92. The van der Waals surface area contributed by atoms with Gasteiger partial charge in [0.25, 0.3) is 0 Å². The van der Waals surface area contributed by atoms with Gasteiger partial charge in [-0.25, -0.2) is 0 Å². The molecule has 1 aromatic heterocycles. The summed E-state index contributed by atoms with van der Waals surface area (Å²) in [5, 5.41) is 7.61. The Hall–Kier alpha value is -1.52. The van der Waals surface area contributed by atoms with Crippen molar-refractivity contribution in [1.29, 1.82) is 0 Å². The van der Waals surface area contributed by atoms with Crippen LogP contribution in [0.25, 0.3) is 10.9 Å². The molecule has 0 aliphatic carbocycles. The first-order chi connectivity index (χ1) is 9.84. The molecule has 1 aliphatic heterocycles. The van der Waals surface area contributed by atoms with E-state index in [9.17, 15) is 4.79 Å². The van der Waals surface area contributed by atoms with Crippen LogP contribution in [0.5, 0.6) is 0 Å². The predicted molar refractivity (Wildman–Crippen MR) is 87.9 cm³/mol. The molecular weight excluding hydrogens is 286 g/mol. The summed E-state index contributed by atoms with van der Waals surface area (Å²) in [5.41, 5.74) is 2.43. The van der Waals surface area contributed by atoms with E-state index in [0.717, 1.165) is 37.9 Å². The number of nitrogens with one attached hydrogen (secondary N) is 3. The predicted octanol–water partition coefficient (Wildman–Crippen LogP) is 2.25. The molecule has 0 unspecified atom stereocenters. The van der Waals surface area contributed by atoms with Crippen molar-refractivity contribution in [3.63, 3.8) is 0 Å². The van der Waals surface area contributed by atoms with Crippen LogP contribution in [0.15, 0.2) is 30.5 Å². The Morgan fingerprint density at radius 1 is 1.24 bits per heavy atom. The molecule has 114 valence electrons. The quantitative estimate of drug-likeness (QED) is 0.811. The van der Waals surface area contributed by atoms with Crippen molar-refractivity contribution in [3.8, 4) is 0 Å². The third kappa shape index (κ3) is 3.77. The minimum Gasteiger partial charge on any atom is -0.361 e. The molecule has 21 heavy (non-hydrogen) atoms. The summed E-state index contributed by atoms with van der Waals surface area (Å²) in [6, 6.07) is 8.27. The lowest BCUT2D eigenvalue weighted by Crippen LogP contribution is -2.38. The highest BCUT2D eigenvalue weighted by Crippen LogP contribution is 2.18. The number of halogens is 1. The van der Waals surface area contributed by atoms with E-state index >= 15 is 0 Å². The first-order valence-electron chi connectivity index (χ1n) is 7.38. The molecule has 0 saturated carbocycles. The Kier molecular flexibility index (Phi) is 5.65. The number of carbonyl (C=O) groups is 1. The Bertz CT molecular complexity index is 590. The van der Waals surface area contributed by atoms with Crippen LogP contribution in [0, 0.1) is 5.92 Å². The van der Waals surface area contributed by atoms with Gasteiger partial charge in [0, 0.05) is 29.6 Å². The number of benzene rings is 1. The van der Waals surface area contributed by atoms with Gasteiger partial charge >= 0.3 is 0 Å². The molecule has 1 aromatic carbocycles. The molecule has 1 saturated heterocycles. The first-order valence-corrected chi connectivity index (χ1v) is 7.38. The normalized spacial score (nSPS) is 15.6. The lowest BCUT2D eigenvalue weighted by atomic mass is 9.97. The van der Waals surface area contributed by atoms with Gasteiger partial charge in [-0.05, 0) is 44.0 Å². The zero-order valence-electron chi connectivity index (χ0n) is 12.0. The van der Waals surface area contributed by atoms with E-state index in [-0.39, 0.29) is 24.2 Å². The fourth-order valence-corrected chi connectivity index (χ4v) is 2.89. The summed E-state index contributed by atoms with van der Waals surface area (Å²) >= 11 is 0. The minimum absolute atomic E-state index is 0. The van der Waals surface area contributed by atoms with Crippen LogP contribution in [0.4, 0.5) is 0 Å². The molecule has 5 heteroatoms. The smallest absolute Gasteiger partial charge is 0.223 e. The van der Waals surface area contributed by atoms with E-state index in [2.05, 4.69) is 27.8 Å². The fourth-order valence-electron chi connectivity index (χ4n) is 2.89. The Balaban J connectivity index is 0.00000161. The van der Waals surface area contributed by atoms with E-state index < -0.39 is 0 Å². The summed E-state index contributed by atoms with van der Waals surface area (Å²) in [4.78, 5) is 15.3. The third-order valence-electron chi connectivity index (χ3n) is 4.08. The van der Waals surface area contributed by atoms with Crippen molar-refractivity contribution in [2.75, 3.05) is 19.6 Å². The first kappa shape index (κ1) is 15.9. The number of aromatic nitrogens is 1. The highest BCUT2D eigenvalue weighted by Gasteiger charge is 2.20. The molecule has 1 aliphatic rings. The molecular formula is C16H22ClN3O. The average molecular weight is 308 g/mol. The molecule has 4 nitrogen and oxygen atoms in total. The van der Waals surface area contributed by atoms with E-state index in [1.807, 2.05) is 18.3 Å². The van der Waals surface area contributed by atoms with E-state index in [1.165, 1.54) is 10.9 Å². The molecule has 1 fully saturated rings. The van der Waals surface area contributed by atoms with Gasteiger partial charge in [0.15, 0.2) is 0 Å². The summed E-state index contributed by atoms with van der Waals surface area (Å²) in [6.45, 7) is 2.63. The number of rotatable bonds is 4. The van der Waals surface area contributed by atoms with E-state index in [4.69, 9.17) is 0 Å². The fraction of sp³-hybridized carbons (Fsp3) is 0.438. The Morgan fingerprint density at radius 3 is 2.81 bits per heavy atom. The molecule has 2 aromatic rings. The maximum atomic E-state index is 12.0. The number of hydrogen-bond acceptors (Lipinski definition) is 2. The van der Waals surface area contributed by atoms with Crippen molar-refractivity contribution in [2.45, 2.75) is 19.3 Å². The second kappa shape index (κ2) is 7.48. The van der Waals surface area contributed by atoms with E-state index in [0.29, 0.717) is 6.54 Å². The number of hydrogen-bond donors (Lipinski definition) is 3. The number of amides is 1. The van der Waals surface area contributed by atoms with Crippen LogP contribution in [-0.2, 0) is 11.2 Å². The van der Waals surface area contributed by atoms with Crippen molar-refractivity contribution in [2.24, 2.45) is 5.92 Å². The van der Waals surface area contributed by atoms with Gasteiger partial charge < -0.3 is 15.6 Å². The molecule has 0 spiro atoms. The number of fused-ring (bicyclic) bond motifs is 1. The molecule has 1 amide bonds. The minimum atomic E-state index is 0. The van der Waals surface area contributed by atoms with Crippen LogP contribution in [0.2, 0.25) is 0 Å². The standard InChI is InChI=1S/C16H21N3O.ClH/c20-16(12-5-8-17-9-6-12)18-10-7-13-11-19-15-4-2-1-3-14(13)15;/h1-4,11-12,17,19H,5-10H2,(H,18,20);1H. The van der Waals surface area contributed by atoms with Crippen LogP contribution in [0.3, 0.4) is 0 Å². The number of piperidine rings is 1. The van der Waals surface area contributed by atoms with Gasteiger partial charge in [0.1, 0.15) is 0 Å². The zero-order chi connectivity index (χ0) is 13.8. The number of aromatic amines is 1. The van der Waals surface area contributed by atoms with Crippen molar-refractivity contribution >= 4 is 29.2 Å². The van der Waals surface area contributed by atoms with Gasteiger partial charge in [-0.2, -0.15) is 0 Å². The monoisotopic (exact) mass is 307 g/mol.